The highest BCUT2D eigenvalue weighted by Crippen LogP contribution is 2.20. The van der Waals surface area contributed by atoms with Gasteiger partial charge in [-0.3, -0.25) is 4.98 Å². The van der Waals surface area contributed by atoms with Gasteiger partial charge in [-0.2, -0.15) is 0 Å². The number of hydrogen-bond acceptors (Lipinski definition) is 2. The third-order valence-electron chi connectivity index (χ3n) is 2.40. The molecule has 16 heavy (non-hydrogen) atoms. The second-order valence-corrected chi connectivity index (χ2v) is 3.65. The van der Waals surface area contributed by atoms with Crippen molar-refractivity contribution in [3.8, 4) is 12.3 Å². The SMILES string of the molecule is C#CCCC(NCCC)c1ccncc1F. The molecule has 86 valence electrons. The summed E-state index contributed by atoms with van der Waals surface area (Å²) >= 11 is 0. The molecule has 0 radical (unpaired) electrons. The number of halogens is 1. The zero-order chi connectivity index (χ0) is 11.8. The van der Waals surface area contributed by atoms with E-state index < -0.39 is 0 Å². The Labute approximate surface area is 96.3 Å². The summed E-state index contributed by atoms with van der Waals surface area (Å²) in [5.41, 5.74) is 0.652. The molecule has 1 aromatic rings. The average Bonchev–Trinajstić information content (AvgIpc) is 2.31. The lowest BCUT2D eigenvalue weighted by Crippen LogP contribution is -2.23. The Morgan fingerprint density at radius 1 is 1.62 bits per heavy atom. The van der Waals surface area contributed by atoms with Gasteiger partial charge in [0.1, 0.15) is 5.82 Å². The standard InChI is InChI=1S/C13H17FN2/c1-3-5-6-13(16-8-4-2)11-7-9-15-10-12(11)14/h1,7,9-10,13,16H,4-6,8H2,2H3. The molecule has 0 saturated heterocycles. The number of nitrogens with zero attached hydrogens (tertiary/aromatic N) is 1. The number of hydrogen-bond donors (Lipinski definition) is 1. The van der Waals surface area contributed by atoms with Crippen molar-refractivity contribution >= 4 is 0 Å². The van der Waals surface area contributed by atoms with Crippen LogP contribution in [0.5, 0.6) is 0 Å². The van der Waals surface area contributed by atoms with E-state index in [0.717, 1.165) is 19.4 Å². The molecule has 1 N–H and O–H groups in total. The summed E-state index contributed by atoms with van der Waals surface area (Å²) in [5, 5.41) is 3.30. The van der Waals surface area contributed by atoms with Crippen molar-refractivity contribution < 1.29 is 4.39 Å². The van der Waals surface area contributed by atoms with Crippen molar-refractivity contribution in [2.24, 2.45) is 0 Å². The van der Waals surface area contributed by atoms with Gasteiger partial charge in [-0.15, -0.1) is 12.3 Å². The van der Waals surface area contributed by atoms with Crippen molar-refractivity contribution in [2.45, 2.75) is 32.2 Å². The molecule has 1 heterocycles. The van der Waals surface area contributed by atoms with Crippen LogP contribution in [0.4, 0.5) is 4.39 Å². The topological polar surface area (TPSA) is 24.9 Å². The molecule has 2 nitrogen and oxygen atoms in total. The molecule has 0 saturated carbocycles. The largest absolute Gasteiger partial charge is 0.310 e. The normalized spacial score (nSPS) is 12.1. The summed E-state index contributed by atoms with van der Waals surface area (Å²) in [6.07, 6.45) is 10.5. The highest BCUT2D eigenvalue weighted by atomic mass is 19.1. The van der Waals surface area contributed by atoms with Gasteiger partial charge in [-0.25, -0.2) is 4.39 Å². The number of rotatable bonds is 6. The van der Waals surface area contributed by atoms with Gasteiger partial charge in [0, 0.05) is 24.2 Å². The molecule has 0 amide bonds. The van der Waals surface area contributed by atoms with Gasteiger partial charge in [0.25, 0.3) is 0 Å². The zero-order valence-corrected chi connectivity index (χ0v) is 9.54. The minimum atomic E-state index is -0.270. The van der Waals surface area contributed by atoms with E-state index in [0.29, 0.717) is 12.0 Å². The van der Waals surface area contributed by atoms with Crippen LogP contribution in [0.2, 0.25) is 0 Å². The smallest absolute Gasteiger partial charge is 0.146 e. The Hall–Kier alpha value is -1.40. The molecular weight excluding hydrogens is 203 g/mol. The van der Waals surface area contributed by atoms with Crippen LogP contribution in [0.3, 0.4) is 0 Å². The molecule has 0 spiro atoms. The first kappa shape index (κ1) is 12.7. The van der Waals surface area contributed by atoms with Crippen molar-refractivity contribution in [3.63, 3.8) is 0 Å². The molecule has 0 aliphatic rings. The fourth-order valence-electron chi connectivity index (χ4n) is 1.58. The zero-order valence-electron chi connectivity index (χ0n) is 9.54. The van der Waals surface area contributed by atoms with Gasteiger partial charge < -0.3 is 5.32 Å². The highest BCUT2D eigenvalue weighted by molar-refractivity contribution is 5.17. The first-order valence-electron chi connectivity index (χ1n) is 5.55. The van der Waals surface area contributed by atoms with E-state index in [1.807, 2.05) is 0 Å². The molecule has 0 aliphatic heterocycles. The van der Waals surface area contributed by atoms with Gasteiger partial charge in [0.2, 0.25) is 0 Å². The van der Waals surface area contributed by atoms with Gasteiger partial charge in [0.05, 0.1) is 6.20 Å². The third kappa shape index (κ3) is 3.63. The van der Waals surface area contributed by atoms with Crippen LogP contribution in [0.1, 0.15) is 37.8 Å². The quantitative estimate of drug-likeness (QED) is 0.745. The summed E-state index contributed by atoms with van der Waals surface area (Å²) < 4.78 is 13.5. The predicted molar refractivity (Wildman–Crippen MR) is 63.3 cm³/mol. The summed E-state index contributed by atoms with van der Waals surface area (Å²) in [4.78, 5) is 3.74. The maximum Gasteiger partial charge on any atom is 0.146 e. The molecular formula is C13H17FN2. The molecule has 0 bridgehead atoms. The van der Waals surface area contributed by atoms with E-state index >= 15 is 0 Å². The van der Waals surface area contributed by atoms with Crippen LogP contribution in [-0.4, -0.2) is 11.5 Å². The van der Waals surface area contributed by atoms with Crippen molar-refractivity contribution in [1.29, 1.82) is 0 Å². The lowest BCUT2D eigenvalue weighted by atomic mass is 10.0. The maximum atomic E-state index is 13.5. The van der Waals surface area contributed by atoms with Gasteiger partial charge in [0.15, 0.2) is 0 Å². The average molecular weight is 220 g/mol. The minimum absolute atomic E-state index is 0.0148. The van der Waals surface area contributed by atoms with Gasteiger partial charge >= 0.3 is 0 Å². The number of terminal acetylenes is 1. The van der Waals surface area contributed by atoms with Crippen molar-refractivity contribution in [3.05, 3.63) is 29.8 Å². The van der Waals surface area contributed by atoms with Crippen LogP contribution in [0.15, 0.2) is 18.5 Å². The highest BCUT2D eigenvalue weighted by Gasteiger charge is 2.13. The lowest BCUT2D eigenvalue weighted by molar-refractivity contribution is 0.477. The molecule has 1 rings (SSSR count). The summed E-state index contributed by atoms with van der Waals surface area (Å²) in [6, 6.07) is 1.69. The summed E-state index contributed by atoms with van der Waals surface area (Å²) in [6.45, 7) is 2.94. The molecule has 0 aromatic carbocycles. The van der Waals surface area contributed by atoms with Crippen LogP contribution in [0, 0.1) is 18.2 Å². The van der Waals surface area contributed by atoms with Gasteiger partial charge in [-0.1, -0.05) is 6.92 Å². The van der Waals surface area contributed by atoms with Crippen molar-refractivity contribution in [1.82, 2.24) is 10.3 Å². The Balaban J connectivity index is 2.75. The third-order valence-corrected chi connectivity index (χ3v) is 2.40. The Bertz CT molecular complexity index is 357. The first-order chi connectivity index (χ1) is 7.79. The number of aromatic nitrogens is 1. The van der Waals surface area contributed by atoms with E-state index in [1.165, 1.54) is 6.20 Å². The molecule has 1 aromatic heterocycles. The maximum absolute atomic E-state index is 13.5. The molecule has 1 atom stereocenters. The Morgan fingerprint density at radius 2 is 2.44 bits per heavy atom. The molecule has 0 fully saturated rings. The lowest BCUT2D eigenvalue weighted by Gasteiger charge is -2.18. The van der Waals surface area contributed by atoms with Gasteiger partial charge in [-0.05, 0) is 25.5 Å². The fourth-order valence-corrected chi connectivity index (χ4v) is 1.58. The van der Waals surface area contributed by atoms with E-state index in [9.17, 15) is 4.39 Å². The van der Waals surface area contributed by atoms with Crippen LogP contribution < -0.4 is 5.32 Å². The first-order valence-corrected chi connectivity index (χ1v) is 5.55. The van der Waals surface area contributed by atoms with Crippen LogP contribution in [0.25, 0.3) is 0 Å². The fraction of sp³-hybridized carbons (Fsp3) is 0.462. The summed E-state index contributed by atoms with van der Waals surface area (Å²) in [7, 11) is 0. The van der Waals surface area contributed by atoms with E-state index in [2.05, 4.69) is 23.1 Å². The predicted octanol–water partition coefficient (Wildman–Crippen LogP) is 2.67. The Morgan fingerprint density at radius 3 is 3.06 bits per heavy atom. The van der Waals surface area contributed by atoms with Crippen molar-refractivity contribution in [2.75, 3.05) is 6.54 Å². The number of pyridine rings is 1. The van der Waals surface area contributed by atoms with E-state index in [4.69, 9.17) is 6.42 Å². The second kappa shape index (κ2) is 6.97. The van der Waals surface area contributed by atoms with E-state index in [-0.39, 0.29) is 11.9 Å². The van der Waals surface area contributed by atoms with Crippen LogP contribution in [-0.2, 0) is 0 Å². The molecule has 3 heteroatoms. The summed E-state index contributed by atoms with van der Waals surface area (Å²) in [5.74, 6) is 2.32. The monoisotopic (exact) mass is 220 g/mol. The number of nitrogens with one attached hydrogen (secondary N) is 1. The second-order valence-electron chi connectivity index (χ2n) is 3.65. The Kier molecular flexibility index (Phi) is 5.52. The molecule has 1 unspecified atom stereocenters. The minimum Gasteiger partial charge on any atom is -0.310 e. The molecule has 0 aliphatic carbocycles. The van der Waals surface area contributed by atoms with Crippen LogP contribution >= 0.6 is 0 Å². The van der Waals surface area contributed by atoms with E-state index in [1.54, 1.807) is 12.3 Å².